The number of nitrogens with zero attached hydrogens (tertiary/aromatic N) is 1. The molecule has 114 valence electrons. The van der Waals surface area contributed by atoms with E-state index in [0.29, 0.717) is 13.1 Å². The van der Waals surface area contributed by atoms with Crippen LogP contribution >= 0.6 is 0 Å². The molecule has 0 spiro atoms. The molecule has 0 aliphatic rings. The number of hydrogen-bond donors (Lipinski definition) is 2. The number of rotatable bonds is 10. The fraction of sp³-hybridized carbons (Fsp3) is 0.625. The van der Waals surface area contributed by atoms with Crippen LogP contribution in [0.5, 0.6) is 0 Å². The number of nitrogens with one attached hydrogen (secondary N) is 1. The van der Waals surface area contributed by atoms with Crippen molar-refractivity contribution in [3.8, 4) is 0 Å². The van der Waals surface area contributed by atoms with E-state index in [1.165, 1.54) is 6.07 Å². The van der Waals surface area contributed by atoms with Crippen molar-refractivity contribution in [1.29, 1.82) is 0 Å². The summed E-state index contributed by atoms with van der Waals surface area (Å²) in [5, 5.41) is 12.5. The predicted octanol–water partition coefficient (Wildman–Crippen LogP) is 2.92. The first kappa shape index (κ1) is 16.9. The first-order valence-electron chi connectivity index (χ1n) is 7.57. The number of hydrogen-bond acceptors (Lipinski definition) is 3. The second kappa shape index (κ2) is 9.72. The lowest BCUT2D eigenvalue weighted by molar-refractivity contribution is 0.301. The third kappa shape index (κ3) is 5.47. The Labute approximate surface area is 121 Å². The Morgan fingerprint density at radius 2 is 2.00 bits per heavy atom. The molecule has 3 nitrogen and oxygen atoms in total. The molecule has 2 N–H and O–H groups in total. The van der Waals surface area contributed by atoms with Crippen LogP contribution in [-0.4, -0.2) is 31.3 Å². The summed E-state index contributed by atoms with van der Waals surface area (Å²) in [4.78, 5) is 2.14. The van der Waals surface area contributed by atoms with E-state index in [1.54, 1.807) is 6.07 Å². The van der Waals surface area contributed by atoms with Gasteiger partial charge in [-0.05, 0) is 43.1 Å². The van der Waals surface area contributed by atoms with Gasteiger partial charge in [-0.3, -0.25) is 0 Å². The van der Waals surface area contributed by atoms with E-state index in [4.69, 9.17) is 0 Å². The molecule has 0 aliphatic heterocycles. The van der Waals surface area contributed by atoms with Crippen molar-refractivity contribution in [2.24, 2.45) is 0 Å². The van der Waals surface area contributed by atoms with Gasteiger partial charge < -0.3 is 15.3 Å². The lowest BCUT2D eigenvalue weighted by atomic mass is 10.1. The maximum Gasteiger partial charge on any atom is 0.123 e. The maximum atomic E-state index is 13.5. The van der Waals surface area contributed by atoms with E-state index in [-0.39, 0.29) is 12.4 Å². The van der Waals surface area contributed by atoms with Gasteiger partial charge >= 0.3 is 0 Å². The average Bonchev–Trinajstić information content (AvgIpc) is 2.44. The molecule has 0 heterocycles. The largest absolute Gasteiger partial charge is 0.395 e. The van der Waals surface area contributed by atoms with Crippen LogP contribution in [0.1, 0.15) is 38.7 Å². The molecular weight excluding hydrogens is 255 g/mol. The Kier molecular flexibility index (Phi) is 8.23. The van der Waals surface area contributed by atoms with Gasteiger partial charge in [0.15, 0.2) is 0 Å². The van der Waals surface area contributed by atoms with Gasteiger partial charge in [0.2, 0.25) is 0 Å². The zero-order chi connectivity index (χ0) is 14.8. The molecule has 0 bridgehead atoms. The molecule has 20 heavy (non-hydrogen) atoms. The summed E-state index contributed by atoms with van der Waals surface area (Å²) in [5.41, 5.74) is 1.99. The first-order chi connectivity index (χ1) is 9.72. The molecule has 1 aromatic rings. The molecular formula is C16H27FN2O. The molecule has 1 aromatic carbocycles. The van der Waals surface area contributed by atoms with E-state index in [0.717, 1.165) is 43.6 Å². The predicted molar refractivity (Wildman–Crippen MR) is 82.6 cm³/mol. The fourth-order valence-corrected chi connectivity index (χ4v) is 2.23. The standard InChI is InChI=1S/C16H27FN2O/c1-3-5-9-19(10-11-20)16-7-6-15(17)12-14(16)13-18-8-4-2/h6-7,12,18,20H,3-5,8-11,13H2,1-2H3. The first-order valence-corrected chi connectivity index (χ1v) is 7.57. The third-order valence-corrected chi connectivity index (χ3v) is 3.28. The van der Waals surface area contributed by atoms with Gasteiger partial charge in [0.1, 0.15) is 5.82 Å². The number of benzene rings is 1. The van der Waals surface area contributed by atoms with Crippen molar-refractivity contribution in [3.63, 3.8) is 0 Å². The summed E-state index contributed by atoms with van der Waals surface area (Å²) < 4.78 is 13.5. The number of aliphatic hydroxyl groups excluding tert-OH is 1. The van der Waals surface area contributed by atoms with E-state index >= 15 is 0 Å². The summed E-state index contributed by atoms with van der Waals surface area (Å²) in [6.45, 7) is 7.43. The molecule has 0 saturated carbocycles. The van der Waals surface area contributed by atoms with Crippen LogP contribution in [0.15, 0.2) is 18.2 Å². The summed E-state index contributed by atoms with van der Waals surface area (Å²) in [6, 6.07) is 4.91. The van der Waals surface area contributed by atoms with Crippen LogP contribution in [0.2, 0.25) is 0 Å². The van der Waals surface area contributed by atoms with Crippen LogP contribution in [0.25, 0.3) is 0 Å². The van der Waals surface area contributed by atoms with E-state index in [9.17, 15) is 9.50 Å². The highest BCUT2D eigenvalue weighted by Crippen LogP contribution is 2.22. The van der Waals surface area contributed by atoms with Gasteiger partial charge in [-0.1, -0.05) is 20.3 Å². The highest BCUT2D eigenvalue weighted by molar-refractivity contribution is 5.54. The van der Waals surface area contributed by atoms with Crippen LogP contribution in [0, 0.1) is 5.82 Å². The second-order valence-corrected chi connectivity index (χ2v) is 5.01. The second-order valence-electron chi connectivity index (χ2n) is 5.01. The fourth-order valence-electron chi connectivity index (χ4n) is 2.23. The van der Waals surface area contributed by atoms with Crippen molar-refractivity contribution < 1.29 is 9.50 Å². The Bertz CT molecular complexity index is 385. The zero-order valence-corrected chi connectivity index (χ0v) is 12.7. The minimum atomic E-state index is -0.207. The lowest BCUT2D eigenvalue weighted by Crippen LogP contribution is -2.29. The Hall–Kier alpha value is -1.13. The SMILES string of the molecule is CCCCN(CCO)c1ccc(F)cc1CNCCC. The molecule has 0 saturated heterocycles. The van der Waals surface area contributed by atoms with Crippen molar-refractivity contribution in [1.82, 2.24) is 5.32 Å². The van der Waals surface area contributed by atoms with E-state index < -0.39 is 0 Å². The summed E-state index contributed by atoms with van der Waals surface area (Å²) >= 11 is 0. The molecule has 0 aromatic heterocycles. The minimum absolute atomic E-state index is 0.114. The highest BCUT2D eigenvalue weighted by atomic mass is 19.1. The molecule has 0 fully saturated rings. The highest BCUT2D eigenvalue weighted by Gasteiger charge is 2.11. The summed E-state index contributed by atoms with van der Waals surface area (Å²) in [7, 11) is 0. The van der Waals surface area contributed by atoms with Crippen LogP contribution < -0.4 is 10.2 Å². The molecule has 0 radical (unpaired) electrons. The lowest BCUT2D eigenvalue weighted by Gasteiger charge is -2.26. The van der Waals surface area contributed by atoms with Crippen molar-refractivity contribution >= 4 is 5.69 Å². The number of unbranched alkanes of at least 4 members (excludes halogenated alkanes) is 1. The number of aliphatic hydroxyl groups is 1. The third-order valence-electron chi connectivity index (χ3n) is 3.28. The van der Waals surface area contributed by atoms with Crippen molar-refractivity contribution in [3.05, 3.63) is 29.6 Å². The van der Waals surface area contributed by atoms with Gasteiger partial charge in [-0.25, -0.2) is 4.39 Å². The molecule has 4 heteroatoms. The average molecular weight is 282 g/mol. The minimum Gasteiger partial charge on any atom is -0.395 e. The Morgan fingerprint density at radius 1 is 1.20 bits per heavy atom. The van der Waals surface area contributed by atoms with Crippen LogP contribution in [0.3, 0.4) is 0 Å². The summed E-state index contributed by atoms with van der Waals surface area (Å²) in [5.74, 6) is -0.207. The molecule has 0 amide bonds. The van der Waals surface area contributed by atoms with Gasteiger partial charge in [-0.2, -0.15) is 0 Å². The zero-order valence-electron chi connectivity index (χ0n) is 12.7. The number of halogens is 1. The molecule has 0 atom stereocenters. The maximum absolute atomic E-state index is 13.5. The Balaban J connectivity index is 2.87. The van der Waals surface area contributed by atoms with E-state index in [2.05, 4.69) is 24.1 Å². The van der Waals surface area contributed by atoms with Crippen LogP contribution in [-0.2, 0) is 6.54 Å². The molecule has 0 unspecified atom stereocenters. The van der Waals surface area contributed by atoms with Crippen molar-refractivity contribution in [2.45, 2.75) is 39.7 Å². The normalized spacial score (nSPS) is 10.8. The van der Waals surface area contributed by atoms with Gasteiger partial charge in [0, 0.05) is 25.3 Å². The summed E-state index contributed by atoms with van der Waals surface area (Å²) in [6.07, 6.45) is 3.23. The monoisotopic (exact) mass is 282 g/mol. The Morgan fingerprint density at radius 3 is 2.65 bits per heavy atom. The van der Waals surface area contributed by atoms with Gasteiger partial charge in [-0.15, -0.1) is 0 Å². The van der Waals surface area contributed by atoms with E-state index in [1.807, 2.05) is 6.07 Å². The van der Waals surface area contributed by atoms with Crippen LogP contribution in [0.4, 0.5) is 10.1 Å². The topological polar surface area (TPSA) is 35.5 Å². The number of anilines is 1. The molecule has 1 rings (SSSR count). The van der Waals surface area contributed by atoms with Crippen molar-refractivity contribution in [2.75, 3.05) is 31.1 Å². The molecule has 0 aliphatic carbocycles. The van der Waals surface area contributed by atoms with Gasteiger partial charge in [0.05, 0.1) is 6.61 Å². The quantitative estimate of drug-likeness (QED) is 0.648. The van der Waals surface area contributed by atoms with Gasteiger partial charge in [0.25, 0.3) is 0 Å². The smallest absolute Gasteiger partial charge is 0.123 e.